The van der Waals surface area contributed by atoms with Gasteiger partial charge in [0, 0.05) is 17.5 Å². The Labute approximate surface area is 231 Å². The molecular weight excluding hydrogens is 498 g/mol. The summed E-state index contributed by atoms with van der Waals surface area (Å²) in [6, 6.07) is 25.1. The van der Waals surface area contributed by atoms with Gasteiger partial charge < -0.3 is 9.67 Å². The molecule has 0 unspecified atom stereocenters. The highest BCUT2D eigenvalue weighted by Gasteiger charge is 2.29. The summed E-state index contributed by atoms with van der Waals surface area (Å²) in [4.78, 5) is 10.2. The maximum atomic E-state index is 9.96. The third-order valence-electron chi connectivity index (χ3n) is 8.02. The van der Waals surface area contributed by atoms with Crippen molar-refractivity contribution >= 4 is 11.2 Å². The summed E-state index contributed by atoms with van der Waals surface area (Å²) in [7, 11) is 0. The van der Waals surface area contributed by atoms with Gasteiger partial charge in [-0.05, 0) is 64.4 Å². The number of rotatable bonds is 6. The lowest BCUT2D eigenvalue weighted by molar-refractivity contribution is 0.282. The number of fused-ring (bicyclic) bond motifs is 2. The van der Waals surface area contributed by atoms with Gasteiger partial charge in [0.2, 0.25) is 5.82 Å². The maximum Gasteiger partial charge on any atom is 0.205 e. The molecule has 0 fully saturated rings. The SMILES string of the molecule is CCc1nc2c(C)cc(-c3ccccc3CO)nc2n1[C@H]1CCc2cc(-c3ccccc3-c3nn[nH]n3)ccc21. The molecule has 0 spiro atoms. The number of aliphatic hydroxyl groups is 1. The summed E-state index contributed by atoms with van der Waals surface area (Å²) < 4.78 is 2.35. The molecule has 2 N–H and O–H groups in total. The van der Waals surface area contributed by atoms with E-state index in [1.54, 1.807) is 0 Å². The predicted octanol–water partition coefficient (Wildman–Crippen LogP) is 5.84. The van der Waals surface area contributed by atoms with E-state index in [0.717, 1.165) is 75.3 Å². The second-order valence-electron chi connectivity index (χ2n) is 10.3. The van der Waals surface area contributed by atoms with Crippen LogP contribution in [0.25, 0.3) is 44.9 Å². The van der Waals surface area contributed by atoms with Gasteiger partial charge >= 0.3 is 0 Å². The van der Waals surface area contributed by atoms with E-state index in [0.29, 0.717) is 5.82 Å². The second-order valence-corrected chi connectivity index (χ2v) is 10.3. The fourth-order valence-electron chi connectivity index (χ4n) is 6.12. The number of aliphatic hydroxyl groups excluding tert-OH is 1. The Balaban J connectivity index is 1.34. The summed E-state index contributed by atoms with van der Waals surface area (Å²) in [6.45, 7) is 4.23. The zero-order valence-corrected chi connectivity index (χ0v) is 22.5. The number of benzene rings is 3. The van der Waals surface area contributed by atoms with Gasteiger partial charge in [-0.1, -0.05) is 73.7 Å². The highest BCUT2D eigenvalue weighted by Crippen LogP contribution is 2.41. The van der Waals surface area contributed by atoms with Crippen molar-refractivity contribution in [2.75, 3.05) is 0 Å². The predicted molar refractivity (Wildman–Crippen MR) is 155 cm³/mol. The molecule has 0 aliphatic heterocycles. The summed E-state index contributed by atoms with van der Waals surface area (Å²) >= 11 is 0. The van der Waals surface area contributed by atoms with Crippen LogP contribution < -0.4 is 0 Å². The number of nitrogens with one attached hydrogen (secondary N) is 1. The molecule has 0 amide bonds. The first-order chi connectivity index (χ1) is 19.7. The molecule has 7 rings (SSSR count). The Bertz CT molecular complexity index is 1860. The van der Waals surface area contributed by atoms with Crippen LogP contribution in [-0.2, 0) is 19.4 Å². The van der Waals surface area contributed by atoms with Crippen LogP contribution in [0, 0.1) is 6.92 Å². The molecule has 6 aromatic rings. The molecule has 8 heteroatoms. The number of nitrogens with zero attached hydrogens (tertiary/aromatic N) is 6. The molecule has 0 saturated heterocycles. The number of aromatic nitrogens is 7. The highest BCUT2D eigenvalue weighted by molar-refractivity contribution is 5.82. The second kappa shape index (κ2) is 9.81. The average Bonchev–Trinajstić information content (AvgIpc) is 3.75. The van der Waals surface area contributed by atoms with E-state index in [2.05, 4.69) is 69.4 Å². The fourth-order valence-corrected chi connectivity index (χ4v) is 6.12. The van der Waals surface area contributed by atoms with Crippen LogP contribution in [0.3, 0.4) is 0 Å². The number of hydrogen-bond acceptors (Lipinski definition) is 6. The number of tetrazole rings is 1. The van der Waals surface area contributed by atoms with E-state index in [1.165, 1.54) is 11.1 Å². The first-order valence-corrected chi connectivity index (χ1v) is 13.7. The number of pyridine rings is 1. The summed E-state index contributed by atoms with van der Waals surface area (Å²) in [5.74, 6) is 1.63. The number of aryl methyl sites for hydroxylation is 3. The van der Waals surface area contributed by atoms with E-state index in [-0.39, 0.29) is 12.6 Å². The largest absolute Gasteiger partial charge is 0.392 e. The number of hydrogen-bond donors (Lipinski definition) is 2. The Morgan fingerprint density at radius 3 is 2.52 bits per heavy atom. The van der Waals surface area contributed by atoms with Crippen LogP contribution in [0.2, 0.25) is 0 Å². The molecule has 1 atom stereocenters. The van der Waals surface area contributed by atoms with E-state index in [4.69, 9.17) is 9.97 Å². The van der Waals surface area contributed by atoms with Gasteiger partial charge in [-0.2, -0.15) is 5.21 Å². The van der Waals surface area contributed by atoms with Crippen molar-refractivity contribution < 1.29 is 5.11 Å². The lowest BCUT2D eigenvalue weighted by Gasteiger charge is -2.18. The van der Waals surface area contributed by atoms with E-state index in [9.17, 15) is 5.11 Å². The molecular formula is C32H29N7O. The minimum Gasteiger partial charge on any atom is -0.392 e. The van der Waals surface area contributed by atoms with Crippen molar-refractivity contribution in [3.8, 4) is 33.8 Å². The van der Waals surface area contributed by atoms with Crippen molar-refractivity contribution in [3.05, 3.63) is 101 Å². The van der Waals surface area contributed by atoms with Gasteiger partial charge in [-0.15, -0.1) is 10.2 Å². The Kier molecular flexibility index (Phi) is 5.97. The minimum absolute atomic E-state index is 0.0252. The fraction of sp³-hybridized carbons (Fsp3) is 0.219. The van der Waals surface area contributed by atoms with Crippen LogP contribution in [-0.4, -0.2) is 40.3 Å². The zero-order valence-electron chi connectivity index (χ0n) is 22.5. The van der Waals surface area contributed by atoms with Gasteiger partial charge in [-0.25, -0.2) is 9.97 Å². The highest BCUT2D eigenvalue weighted by atomic mass is 16.3. The van der Waals surface area contributed by atoms with E-state index in [1.807, 2.05) is 42.5 Å². The van der Waals surface area contributed by atoms with Crippen LogP contribution >= 0.6 is 0 Å². The van der Waals surface area contributed by atoms with Gasteiger partial charge in [-0.3, -0.25) is 0 Å². The molecule has 198 valence electrons. The van der Waals surface area contributed by atoms with Crippen LogP contribution in [0.15, 0.2) is 72.8 Å². The summed E-state index contributed by atoms with van der Waals surface area (Å²) in [6.07, 6.45) is 2.79. The van der Waals surface area contributed by atoms with Gasteiger partial charge in [0.25, 0.3) is 0 Å². The topological polar surface area (TPSA) is 105 Å². The normalized spacial score (nSPS) is 14.6. The molecule has 0 radical (unpaired) electrons. The first kappa shape index (κ1) is 24.4. The number of imidazole rings is 1. The molecule has 3 aromatic heterocycles. The maximum absolute atomic E-state index is 9.96. The van der Waals surface area contributed by atoms with Gasteiger partial charge in [0.05, 0.1) is 18.3 Å². The quantitative estimate of drug-likeness (QED) is 0.282. The molecule has 40 heavy (non-hydrogen) atoms. The van der Waals surface area contributed by atoms with Crippen LogP contribution in [0.5, 0.6) is 0 Å². The smallest absolute Gasteiger partial charge is 0.205 e. The Morgan fingerprint density at radius 2 is 1.75 bits per heavy atom. The number of H-pyrrole nitrogens is 1. The average molecular weight is 528 g/mol. The zero-order chi connectivity index (χ0) is 27.2. The van der Waals surface area contributed by atoms with Crippen LogP contribution in [0.4, 0.5) is 0 Å². The van der Waals surface area contributed by atoms with Gasteiger partial charge in [0.15, 0.2) is 5.65 Å². The first-order valence-electron chi connectivity index (χ1n) is 13.7. The molecule has 3 aromatic carbocycles. The van der Waals surface area contributed by atoms with Crippen molar-refractivity contribution in [1.82, 2.24) is 35.2 Å². The number of aromatic amines is 1. The molecule has 1 aliphatic carbocycles. The van der Waals surface area contributed by atoms with Gasteiger partial charge in [0.1, 0.15) is 11.3 Å². The summed E-state index contributed by atoms with van der Waals surface area (Å²) in [5.41, 5.74) is 11.5. The van der Waals surface area contributed by atoms with Crippen LogP contribution in [0.1, 0.15) is 47.5 Å². The van der Waals surface area contributed by atoms with E-state index >= 15 is 0 Å². The third kappa shape index (κ3) is 3.91. The van der Waals surface area contributed by atoms with Crippen molar-refractivity contribution in [1.29, 1.82) is 0 Å². The minimum atomic E-state index is -0.0252. The third-order valence-corrected chi connectivity index (χ3v) is 8.02. The standard InChI is InChI=1S/C32H29N7O/c1-3-29-34-30-19(2)16-27(24-10-5-4-8-22(24)18-40)33-32(30)39(29)28-15-13-21-17-20(12-14-25(21)28)23-9-6-7-11-26(23)31-35-37-38-36-31/h4-12,14,16-17,28,40H,3,13,15,18H2,1-2H3,(H,35,36,37,38)/t28-/m0/s1. The molecule has 0 saturated carbocycles. The Hall–Kier alpha value is -4.69. The molecule has 1 aliphatic rings. The van der Waals surface area contributed by atoms with Crippen molar-refractivity contribution in [3.63, 3.8) is 0 Å². The Morgan fingerprint density at radius 1 is 0.950 bits per heavy atom. The lowest BCUT2D eigenvalue weighted by atomic mass is 9.96. The van der Waals surface area contributed by atoms with Crippen molar-refractivity contribution in [2.24, 2.45) is 0 Å². The summed E-state index contributed by atoms with van der Waals surface area (Å²) in [5, 5.41) is 24.7. The lowest BCUT2D eigenvalue weighted by Crippen LogP contribution is -2.12. The molecule has 8 nitrogen and oxygen atoms in total. The monoisotopic (exact) mass is 527 g/mol. The molecule has 0 bridgehead atoms. The van der Waals surface area contributed by atoms with Crippen molar-refractivity contribution in [2.45, 2.75) is 45.8 Å². The molecule has 3 heterocycles. The van der Waals surface area contributed by atoms with E-state index < -0.39 is 0 Å².